The first kappa shape index (κ1) is 22.3. The zero-order valence-corrected chi connectivity index (χ0v) is 17.6. The Balaban J connectivity index is 0.00000312. The Labute approximate surface area is 174 Å². The third-order valence-corrected chi connectivity index (χ3v) is 4.46. The van der Waals surface area contributed by atoms with Gasteiger partial charge in [0.2, 0.25) is 5.89 Å². The molecule has 130 valence electrons. The number of rotatable bonds is 11. The van der Waals surface area contributed by atoms with Crippen LogP contribution in [0.25, 0.3) is 11.5 Å². The molecule has 1 aromatic carbocycles. The van der Waals surface area contributed by atoms with Gasteiger partial charge in [0.15, 0.2) is 0 Å². The molecular weight excluding hydrogens is 349 g/mol. The first-order valence-corrected chi connectivity index (χ1v) is 9.19. The van der Waals surface area contributed by atoms with E-state index in [1.54, 1.807) is 0 Å². The largest absolute Gasteiger partial charge is 1.00 e. The molecule has 2 aromatic rings. The average molecular weight is 371 g/mol. The van der Waals surface area contributed by atoms with Gasteiger partial charge in [0, 0.05) is 24.3 Å². The maximum absolute atomic E-state index is 10.3. The number of ether oxygens (including phenoxy) is 1. The van der Waals surface area contributed by atoms with Crippen LogP contribution in [0.15, 0.2) is 34.7 Å². The molecular formula is C18H22NNaO4S. The predicted molar refractivity (Wildman–Crippen MR) is 92.8 cm³/mol. The van der Waals surface area contributed by atoms with E-state index in [2.05, 4.69) is 4.98 Å². The zero-order chi connectivity index (χ0) is 17.2. The van der Waals surface area contributed by atoms with Crippen LogP contribution in [0.3, 0.4) is 0 Å². The van der Waals surface area contributed by atoms with Crippen LogP contribution in [-0.2, 0) is 16.0 Å². The normalized spacial score (nSPS) is 10.4. The maximum Gasteiger partial charge on any atom is 1.00 e. The zero-order valence-electron chi connectivity index (χ0n) is 14.8. The van der Waals surface area contributed by atoms with Crippen molar-refractivity contribution in [2.45, 2.75) is 26.2 Å². The molecule has 0 bridgehead atoms. The third-order valence-electron chi connectivity index (χ3n) is 3.44. The summed E-state index contributed by atoms with van der Waals surface area (Å²) in [7, 11) is 0. The van der Waals surface area contributed by atoms with Gasteiger partial charge < -0.3 is 19.1 Å². The summed E-state index contributed by atoms with van der Waals surface area (Å²) in [5.74, 6) is 1.36. The number of carbonyl (C=O) groups excluding carboxylic acids is 1. The second kappa shape index (κ2) is 12.5. The standard InChI is InChI=1S/C18H23NO4S.Na/c1-14-16(19-18(23-14)15-7-3-2-4-8-15)9-11-22-10-5-6-12-24-13-17(20)21;/h2-4,7-8H,5-6,9-13H2,1H3,(H,20,21);/q;+1/p-1. The number of thioether (sulfide) groups is 1. The smallest absolute Gasteiger partial charge is 0.549 e. The molecule has 1 aromatic heterocycles. The van der Waals surface area contributed by atoms with Crippen molar-refractivity contribution in [3.8, 4) is 11.5 Å². The van der Waals surface area contributed by atoms with Crippen LogP contribution < -0.4 is 34.7 Å². The number of hydrogen-bond acceptors (Lipinski definition) is 6. The Kier molecular flexibility index (Phi) is 11.2. The number of carbonyl (C=O) groups is 1. The van der Waals surface area contributed by atoms with Crippen molar-refractivity contribution in [3.63, 3.8) is 0 Å². The van der Waals surface area contributed by atoms with Gasteiger partial charge in [-0.2, -0.15) is 11.8 Å². The number of aliphatic carboxylic acids is 1. The topological polar surface area (TPSA) is 75.4 Å². The maximum atomic E-state index is 10.3. The van der Waals surface area contributed by atoms with Gasteiger partial charge >= 0.3 is 29.6 Å². The van der Waals surface area contributed by atoms with Crippen molar-refractivity contribution >= 4 is 17.7 Å². The molecule has 0 saturated carbocycles. The molecule has 0 atom stereocenters. The number of oxazole rings is 1. The molecule has 0 unspecified atom stereocenters. The number of hydrogen-bond donors (Lipinski definition) is 0. The minimum absolute atomic E-state index is 0. The van der Waals surface area contributed by atoms with Crippen molar-refractivity contribution < 1.29 is 48.6 Å². The molecule has 0 spiro atoms. The van der Waals surface area contributed by atoms with E-state index in [9.17, 15) is 9.90 Å². The molecule has 0 aliphatic carbocycles. The van der Waals surface area contributed by atoms with Gasteiger partial charge in [-0.3, -0.25) is 0 Å². The Bertz CT molecular complexity index is 633. The van der Waals surface area contributed by atoms with Gasteiger partial charge in [-0.25, -0.2) is 4.98 Å². The number of nitrogens with zero attached hydrogens (tertiary/aromatic N) is 1. The Morgan fingerprint density at radius 1 is 1.24 bits per heavy atom. The number of aromatic nitrogens is 1. The molecule has 7 heteroatoms. The van der Waals surface area contributed by atoms with E-state index in [0.717, 1.165) is 42.0 Å². The molecule has 25 heavy (non-hydrogen) atoms. The average Bonchev–Trinajstić information content (AvgIpc) is 2.95. The Hall–Kier alpha value is -0.790. The van der Waals surface area contributed by atoms with E-state index in [-0.39, 0.29) is 35.3 Å². The van der Waals surface area contributed by atoms with Crippen LogP contribution in [0.4, 0.5) is 0 Å². The van der Waals surface area contributed by atoms with Gasteiger partial charge in [0.1, 0.15) is 5.76 Å². The number of unbranched alkanes of at least 4 members (excludes halogenated alkanes) is 1. The summed E-state index contributed by atoms with van der Waals surface area (Å²) in [5, 5.41) is 10.3. The van der Waals surface area contributed by atoms with Crippen LogP contribution in [0.1, 0.15) is 24.3 Å². The van der Waals surface area contributed by atoms with Crippen molar-refractivity contribution in [2.75, 3.05) is 24.7 Å². The van der Waals surface area contributed by atoms with E-state index in [1.807, 2.05) is 37.3 Å². The molecule has 0 fully saturated rings. The Morgan fingerprint density at radius 3 is 2.72 bits per heavy atom. The minimum atomic E-state index is -1.01. The molecule has 2 rings (SSSR count). The summed E-state index contributed by atoms with van der Waals surface area (Å²) in [6.45, 7) is 3.20. The summed E-state index contributed by atoms with van der Waals surface area (Å²) < 4.78 is 11.3. The van der Waals surface area contributed by atoms with Crippen LogP contribution in [0.2, 0.25) is 0 Å². The van der Waals surface area contributed by atoms with Crippen molar-refractivity contribution in [1.29, 1.82) is 0 Å². The van der Waals surface area contributed by atoms with E-state index in [0.29, 0.717) is 19.1 Å². The molecule has 0 amide bonds. The van der Waals surface area contributed by atoms with E-state index in [4.69, 9.17) is 9.15 Å². The van der Waals surface area contributed by atoms with Crippen LogP contribution in [0.5, 0.6) is 0 Å². The van der Waals surface area contributed by atoms with Gasteiger partial charge in [0.05, 0.1) is 18.3 Å². The van der Waals surface area contributed by atoms with Crippen molar-refractivity contribution in [3.05, 3.63) is 41.8 Å². The first-order valence-electron chi connectivity index (χ1n) is 8.04. The van der Waals surface area contributed by atoms with Crippen molar-refractivity contribution in [2.24, 2.45) is 0 Å². The van der Waals surface area contributed by atoms with Crippen LogP contribution in [-0.4, -0.2) is 35.7 Å². The predicted octanol–water partition coefficient (Wildman–Crippen LogP) is -0.524. The summed E-state index contributed by atoms with van der Waals surface area (Å²) >= 11 is 1.38. The molecule has 0 radical (unpaired) electrons. The van der Waals surface area contributed by atoms with Gasteiger partial charge in [-0.05, 0) is 37.7 Å². The van der Waals surface area contributed by atoms with Crippen molar-refractivity contribution in [1.82, 2.24) is 4.98 Å². The van der Waals surface area contributed by atoms with E-state index >= 15 is 0 Å². The quantitative estimate of drug-likeness (QED) is 0.391. The Morgan fingerprint density at radius 2 is 2.00 bits per heavy atom. The molecule has 0 aliphatic heterocycles. The first-order chi connectivity index (χ1) is 11.7. The number of carboxylic acids is 1. The fraction of sp³-hybridized carbons (Fsp3) is 0.444. The number of carboxylic acid groups (broad SMARTS) is 1. The summed E-state index contributed by atoms with van der Waals surface area (Å²) in [6.07, 6.45) is 2.59. The summed E-state index contributed by atoms with van der Waals surface area (Å²) in [6, 6.07) is 9.84. The summed E-state index contributed by atoms with van der Waals surface area (Å²) in [4.78, 5) is 14.8. The van der Waals surface area contributed by atoms with Gasteiger partial charge in [-0.1, -0.05) is 18.2 Å². The minimum Gasteiger partial charge on any atom is -0.549 e. The van der Waals surface area contributed by atoms with Crippen LogP contribution >= 0.6 is 11.8 Å². The van der Waals surface area contributed by atoms with Gasteiger partial charge in [-0.15, -0.1) is 0 Å². The third kappa shape index (κ3) is 8.42. The fourth-order valence-electron chi connectivity index (χ4n) is 2.20. The SMILES string of the molecule is Cc1oc(-c2ccccc2)nc1CCOCCCCSCC(=O)[O-].[Na+]. The molecule has 0 N–H and O–H groups in total. The van der Waals surface area contributed by atoms with Gasteiger partial charge in [0.25, 0.3) is 0 Å². The number of benzene rings is 1. The monoisotopic (exact) mass is 371 g/mol. The molecule has 5 nitrogen and oxygen atoms in total. The molecule has 0 aliphatic rings. The van der Waals surface area contributed by atoms with E-state index in [1.165, 1.54) is 11.8 Å². The molecule has 1 heterocycles. The van der Waals surface area contributed by atoms with Crippen LogP contribution in [0, 0.1) is 6.92 Å². The second-order valence-electron chi connectivity index (χ2n) is 5.38. The molecule has 0 saturated heterocycles. The van der Waals surface area contributed by atoms with E-state index < -0.39 is 5.97 Å². The number of aryl methyl sites for hydroxylation is 1. The second-order valence-corrected chi connectivity index (χ2v) is 6.49. The fourth-order valence-corrected chi connectivity index (χ4v) is 2.92. The summed E-state index contributed by atoms with van der Waals surface area (Å²) in [5.41, 5.74) is 1.90.